The molecule has 0 radical (unpaired) electrons. The summed E-state index contributed by atoms with van der Waals surface area (Å²) < 4.78 is 17.2. The Morgan fingerprint density at radius 2 is 1.88 bits per heavy atom. The Balaban J connectivity index is 2.23. The van der Waals surface area contributed by atoms with Gasteiger partial charge >= 0.3 is 5.97 Å². The van der Waals surface area contributed by atoms with E-state index in [1.807, 2.05) is 0 Å². The number of aliphatic carboxylic acids is 1. The summed E-state index contributed by atoms with van der Waals surface area (Å²) in [4.78, 5) is 21.3. The largest absolute Gasteiger partial charge is 0.480 e. The molecule has 2 N–H and O–H groups in total. The highest BCUT2D eigenvalue weighted by atomic mass is 19.1. The summed E-state index contributed by atoms with van der Waals surface area (Å²) in [6, 6.07) is 5.69. The van der Waals surface area contributed by atoms with Crippen molar-refractivity contribution in [3.05, 3.63) is 35.6 Å². The van der Waals surface area contributed by atoms with Gasteiger partial charge in [0.05, 0.1) is 0 Å². The lowest BCUT2D eigenvalue weighted by atomic mass is 10.2. The molecule has 1 aromatic rings. The number of ether oxygens (including phenoxy) is 1. The van der Waals surface area contributed by atoms with E-state index in [1.165, 1.54) is 12.1 Å². The number of amides is 1. The smallest absolute Gasteiger partial charge is 0.329 e. The first kappa shape index (κ1) is 13.1. The summed E-state index contributed by atoms with van der Waals surface area (Å²) in [7, 11) is 0. The lowest BCUT2D eigenvalue weighted by Gasteiger charge is -2.05. The average Bonchev–Trinajstić information content (AvgIpc) is 2.28. The van der Waals surface area contributed by atoms with Gasteiger partial charge in [0.25, 0.3) is 0 Å². The average molecular weight is 241 g/mol. The summed E-state index contributed by atoms with van der Waals surface area (Å²) in [6.45, 7) is -0.576. The molecule has 0 spiro atoms. The predicted octanol–water partition coefficient (Wildman–Crippen LogP) is 0.543. The van der Waals surface area contributed by atoms with Crippen LogP contribution in [0.4, 0.5) is 4.39 Å². The molecule has 5 nitrogen and oxygen atoms in total. The molecule has 0 aliphatic carbocycles. The zero-order chi connectivity index (χ0) is 12.7. The minimum Gasteiger partial charge on any atom is -0.480 e. The van der Waals surface area contributed by atoms with Crippen LogP contribution in [0.3, 0.4) is 0 Å². The standard InChI is InChI=1S/C11H12FNO4/c12-9-3-1-8(2-4-9)5-13-10(14)6-17-7-11(15)16/h1-4H,5-7H2,(H,13,14)(H,15,16). The summed E-state index contributed by atoms with van der Waals surface area (Å²) in [5.41, 5.74) is 0.748. The van der Waals surface area contributed by atoms with Crippen molar-refractivity contribution in [3.63, 3.8) is 0 Å². The van der Waals surface area contributed by atoms with Gasteiger partial charge in [-0.2, -0.15) is 0 Å². The molecule has 0 saturated heterocycles. The lowest BCUT2D eigenvalue weighted by Crippen LogP contribution is -2.28. The van der Waals surface area contributed by atoms with E-state index in [0.29, 0.717) is 0 Å². The SMILES string of the molecule is O=C(O)COCC(=O)NCc1ccc(F)cc1. The second kappa shape index (κ2) is 6.59. The maximum atomic E-state index is 12.6. The minimum absolute atomic E-state index is 0.246. The van der Waals surface area contributed by atoms with Gasteiger partial charge < -0.3 is 15.2 Å². The quantitative estimate of drug-likeness (QED) is 0.762. The molecule has 0 aliphatic rings. The van der Waals surface area contributed by atoms with Gasteiger partial charge in [0.15, 0.2) is 0 Å². The highest BCUT2D eigenvalue weighted by molar-refractivity contribution is 5.77. The van der Waals surface area contributed by atoms with Crippen LogP contribution in [0, 0.1) is 5.82 Å². The van der Waals surface area contributed by atoms with Crippen LogP contribution >= 0.6 is 0 Å². The highest BCUT2D eigenvalue weighted by Gasteiger charge is 2.03. The highest BCUT2D eigenvalue weighted by Crippen LogP contribution is 2.01. The number of carbonyl (C=O) groups excluding carboxylic acids is 1. The Morgan fingerprint density at radius 3 is 2.47 bits per heavy atom. The van der Waals surface area contributed by atoms with Crippen molar-refractivity contribution in [2.24, 2.45) is 0 Å². The van der Waals surface area contributed by atoms with Gasteiger partial charge in [-0.05, 0) is 17.7 Å². The third kappa shape index (κ3) is 5.62. The van der Waals surface area contributed by atoms with Crippen LogP contribution in [0.25, 0.3) is 0 Å². The second-order valence-corrected chi connectivity index (χ2v) is 3.29. The fraction of sp³-hybridized carbons (Fsp3) is 0.273. The van der Waals surface area contributed by atoms with Gasteiger partial charge in [0.1, 0.15) is 19.0 Å². The number of halogens is 1. The van der Waals surface area contributed by atoms with Gasteiger partial charge in [-0.3, -0.25) is 4.79 Å². The van der Waals surface area contributed by atoms with Crippen LogP contribution in [-0.4, -0.2) is 30.2 Å². The maximum absolute atomic E-state index is 12.6. The number of rotatable bonds is 6. The molecule has 92 valence electrons. The van der Waals surface area contributed by atoms with E-state index in [0.717, 1.165) is 5.56 Å². The van der Waals surface area contributed by atoms with Crippen molar-refractivity contribution in [2.45, 2.75) is 6.54 Å². The first-order valence-electron chi connectivity index (χ1n) is 4.88. The van der Waals surface area contributed by atoms with E-state index < -0.39 is 18.5 Å². The molecule has 17 heavy (non-hydrogen) atoms. The topological polar surface area (TPSA) is 75.6 Å². The zero-order valence-electron chi connectivity index (χ0n) is 8.98. The van der Waals surface area contributed by atoms with E-state index in [4.69, 9.17) is 5.11 Å². The van der Waals surface area contributed by atoms with E-state index >= 15 is 0 Å². The van der Waals surface area contributed by atoms with Crippen molar-refractivity contribution in [1.29, 1.82) is 0 Å². The Labute approximate surface area is 97.2 Å². The Kier molecular flexibility index (Phi) is 5.09. The fourth-order valence-corrected chi connectivity index (χ4v) is 1.08. The van der Waals surface area contributed by atoms with Gasteiger partial charge in [-0.25, -0.2) is 9.18 Å². The van der Waals surface area contributed by atoms with Crippen molar-refractivity contribution < 1.29 is 23.8 Å². The number of carbonyl (C=O) groups is 2. The normalized spacial score (nSPS) is 9.94. The molecule has 1 aromatic carbocycles. The van der Waals surface area contributed by atoms with Crippen LogP contribution in [0.1, 0.15) is 5.56 Å². The molecule has 0 heterocycles. The molecule has 1 amide bonds. The predicted molar refractivity (Wildman–Crippen MR) is 56.7 cm³/mol. The number of hydrogen-bond acceptors (Lipinski definition) is 3. The molecule has 0 saturated carbocycles. The van der Waals surface area contributed by atoms with Gasteiger partial charge in [-0.15, -0.1) is 0 Å². The number of carboxylic acids is 1. The van der Waals surface area contributed by atoms with E-state index in [2.05, 4.69) is 10.1 Å². The second-order valence-electron chi connectivity index (χ2n) is 3.29. The molecule has 0 atom stereocenters. The third-order valence-electron chi connectivity index (χ3n) is 1.86. The Hall–Kier alpha value is -1.95. The third-order valence-corrected chi connectivity index (χ3v) is 1.86. The first-order valence-corrected chi connectivity index (χ1v) is 4.88. The number of carboxylic acid groups (broad SMARTS) is 1. The summed E-state index contributed by atoms with van der Waals surface area (Å²) in [6.07, 6.45) is 0. The Morgan fingerprint density at radius 1 is 1.24 bits per heavy atom. The molecule has 0 fully saturated rings. The van der Waals surface area contributed by atoms with Crippen LogP contribution in [0.15, 0.2) is 24.3 Å². The molecular weight excluding hydrogens is 229 g/mol. The number of benzene rings is 1. The molecule has 1 rings (SSSR count). The molecule has 0 unspecified atom stereocenters. The summed E-state index contributed by atoms with van der Waals surface area (Å²) in [5.74, 6) is -1.89. The lowest BCUT2D eigenvalue weighted by molar-refractivity contribution is -0.143. The van der Waals surface area contributed by atoms with E-state index in [9.17, 15) is 14.0 Å². The Bertz CT molecular complexity index is 391. The van der Waals surface area contributed by atoms with E-state index in [-0.39, 0.29) is 19.0 Å². The van der Waals surface area contributed by atoms with Gasteiger partial charge in [-0.1, -0.05) is 12.1 Å². The monoisotopic (exact) mass is 241 g/mol. The van der Waals surface area contributed by atoms with Crippen LogP contribution in [0.2, 0.25) is 0 Å². The first-order chi connectivity index (χ1) is 8.08. The van der Waals surface area contributed by atoms with Crippen molar-refractivity contribution in [1.82, 2.24) is 5.32 Å². The van der Waals surface area contributed by atoms with Crippen molar-refractivity contribution >= 4 is 11.9 Å². The molecule has 0 aliphatic heterocycles. The van der Waals surface area contributed by atoms with Gasteiger partial charge in [0.2, 0.25) is 5.91 Å². The molecule has 0 bridgehead atoms. The maximum Gasteiger partial charge on any atom is 0.329 e. The number of hydrogen-bond donors (Lipinski definition) is 2. The van der Waals surface area contributed by atoms with Crippen molar-refractivity contribution in [2.75, 3.05) is 13.2 Å². The van der Waals surface area contributed by atoms with E-state index in [1.54, 1.807) is 12.1 Å². The summed E-state index contributed by atoms with van der Waals surface area (Å²) >= 11 is 0. The molecular formula is C11H12FNO4. The molecule has 0 aromatic heterocycles. The van der Waals surface area contributed by atoms with Crippen molar-refractivity contribution in [3.8, 4) is 0 Å². The van der Waals surface area contributed by atoms with Gasteiger partial charge in [0, 0.05) is 6.54 Å². The van der Waals surface area contributed by atoms with Crippen LogP contribution in [0.5, 0.6) is 0 Å². The van der Waals surface area contributed by atoms with Crippen LogP contribution in [-0.2, 0) is 20.9 Å². The minimum atomic E-state index is -1.13. The molecule has 6 heteroatoms. The van der Waals surface area contributed by atoms with Crippen LogP contribution < -0.4 is 5.32 Å². The number of nitrogens with one attached hydrogen (secondary N) is 1. The summed E-state index contributed by atoms with van der Waals surface area (Å²) in [5, 5.41) is 10.8. The fourth-order valence-electron chi connectivity index (χ4n) is 1.08. The zero-order valence-corrected chi connectivity index (χ0v) is 8.98.